The third kappa shape index (κ3) is 1.20. The smallest absolute Gasteiger partial charge is 0.166 e. The van der Waals surface area contributed by atoms with Crippen LogP contribution in [0.5, 0.6) is 0 Å². The number of aryl methyl sites for hydroxylation is 2. The van der Waals surface area contributed by atoms with Crippen LogP contribution in [-0.2, 0) is 12.8 Å². The van der Waals surface area contributed by atoms with Gasteiger partial charge in [-0.1, -0.05) is 11.5 Å². The van der Waals surface area contributed by atoms with Gasteiger partial charge in [-0.15, -0.1) is 16.4 Å². The molecule has 0 amide bonds. The summed E-state index contributed by atoms with van der Waals surface area (Å²) in [5, 5.41) is 25.0. The van der Waals surface area contributed by atoms with Crippen molar-refractivity contribution in [1.82, 2.24) is 40.1 Å². The van der Waals surface area contributed by atoms with E-state index >= 15 is 0 Å². The Balaban J connectivity index is 2.06. The van der Waals surface area contributed by atoms with Crippen LogP contribution in [-0.4, -0.2) is 40.1 Å². The first-order valence-electron chi connectivity index (χ1n) is 6.66. The van der Waals surface area contributed by atoms with E-state index in [4.69, 9.17) is 0 Å². The van der Waals surface area contributed by atoms with E-state index in [1.165, 1.54) is 29.7 Å². The summed E-state index contributed by atoms with van der Waals surface area (Å²) in [6, 6.07) is 0. The van der Waals surface area contributed by atoms with Gasteiger partial charge in [0.25, 0.3) is 5.78 Å². The summed E-state index contributed by atoms with van der Waals surface area (Å²) in [5.41, 5.74) is 2.15. The van der Waals surface area contributed by atoms with Crippen molar-refractivity contribution >= 4 is 33.0 Å². The highest BCUT2D eigenvalue weighted by molar-refractivity contribution is 7.19. The summed E-state index contributed by atoms with van der Waals surface area (Å²) in [4.78, 5) is 2.49. The van der Waals surface area contributed by atoms with E-state index in [-0.39, 0.29) is 0 Å². The Morgan fingerprint density at radius 2 is 1.75 bits per heavy atom. The normalized spacial score (nSPS) is 16.0. The Hall–Kier alpha value is -2.16. The zero-order chi connectivity index (χ0) is 13.1. The molecule has 0 atom stereocenters. The lowest BCUT2D eigenvalue weighted by molar-refractivity contribution is 0.713. The Kier molecular flexibility index (Phi) is 1.96. The fourth-order valence-electron chi connectivity index (χ4n) is 3.03. The van der Waals surface area contributed by atoms with E-state index < -0.39 is 0 Å². The first-order valence-corrected chi connectivity index (χ1v) is 7.47. The lowest BCUT2D eigenvalue weighted by atomic mass is 10.1. The van der Waals surface area contributed by atoms with Crippen LogP contribution in [0.3, 0.4) is 0 Å². The number of nitrogens with zero attached hydrogens (tertiary/aromatic N) is 8. The minimum absolute atomic E-state index is 0.564. The Labute approximate surface area is 116 Å². The first-order chi connectivity index (χ1) is 9.93. The maximum absolute atomic E-state index is 4.19. The van der Waals surface area contributed by atoms with Crippen molar-refractivity contribution in [3.63, 3.8) is 0 Å². The maximum atomic E-state index is 4.19. The molecule has 9 heteroatoms. The summed E-state index contributed by atoms with van der Waals surface area (Å²) < 4.78 is 3.37. The van der Waals surface area contributed by atoms with Crippen LogP contribution in [0.2, 0.25) is 0 Å². The van der Waals surface area contributed by atoms with Crippen LogP contribution >= 0.6 is 11.3 Å². The molecule has 4 aromatic heterocycles. The standard InChI is InChI=1S/C11H10N8S/c1-2-4-6-7(5-3-1)20-10-8(6)9-12-14-16-18(9)11-13-15-17-19(10)11/h1-5H2. The van der Waals surface area contributed by atoms with Crippen molar-refractivity contribution < 1.29 is 0 Å². The maximum Gasteiger partial charge on any atom is 0.279 e. The van der Waals surface area contributed by atoms with E-state index in [9.17, 15) is 0 Å². The van der Waals surface area contributed by atoms with Gasteiger partial charge in [0, 0.05) is 4.88 Å². The lowest BCUT2D eigenvalue weighted by Gasteiger charge is -2.00. The first kappa shape index (κ1) is 10.6. The molecule has 0 saturated heterocycles. The van der Waals surface area contributed by atoms with Gasteiger partial charge in [0.05, 0.1) is 5.39 Å². The predicted octanol–water partition coefficient (Wildman–Crippen LogP) is 1.05. The van der Waals surface area contributed by atoms with Gasteiger partial charge in [0.15, 0.2) is 5.65 Å². The van der Waals surface area contributed by atoms with Crippen LogP contribution < -0.4 is 0 Å². The van der Waals surface area contributed by atoms with Crippen molar-refractivity contribution in [1.29, 1.82) is 0 Å². The zero-order valence-electron chi connectivity index (χ0n) is 10.5. The molecule has 8 nitrogen and oxygen atoms in total. The third-order valence-corrected chi connectivity index (χ3v) is 5.20. The van der Waals surface area contributed by atoms with Crippen molar-refractivity contribution in [3.05, 3.63) is 10.4 Å². The van der Waals surface area contributed by atoms with Gasteiger partial charge in [0.1, 0.15) is 4.83 Å². The quantitative estimate of drug-likeness (QED) is 0.449. The summed E-state index contributed by atoms with van der Waals surface area (Å²) >= 11 is 1.78. The number of rotatable bonds is 0. The van der Waals surface area contributed by atoms with Crippen LogP contribution in [0.25, 0.3) is 21.6 Å². The van der Waals surface area contributed by atoms with Crippen LogP contribution in [0.4, 0.5) is 0 Å². The zero-order valence-corrected chi connectivity index (χ0v) is 11.3. The molecule has 20 heavy (non-hydrogen) atoms. The Bertz CT molecular complexity index is 948. The molecule has 0 radical (unpaired) electrons. The predicted molar refractivity (Wildman–Crippen MR) is 71.8 cm³/mol. The molecular formula is C11H10N8S. The van der Waals surface area contributed by atoms with Crippen LogP contribution in [0, 0.1) is 0 Å². The second-order valence-electron chi connectivity index (χ2n) is 5.05. The van der Waals surface area contributed by atoms with Gasteiger partial charge >= 0.3 is 0 Å². The largest absolute Gasteiger partial charge is 0.279 e. The van der Waals surface area contributed by atoms with Gasteiger partial charge in [-0.2, -0.15) is 9.03 Å². The number of hydrogen-bond donors (Lipinski definition) is 0. The molecule has 0 fully saturated rings. The molecule has 0 N–H and O–H groups in total. The van der Waals surface area contributed by atoms with Gasteiger partial charge < -0.3 is 0 Å². The summed E-state index contributed by atoms with van der Waals surface area (Å²) in [5.74, 6) is 0.564. The highest BCUT2D eigenvalue weighted by atomic mass is 32.1. The van der Waals surface area contributed by atoms with E-state index in [2.05, 4.69) is 31.1 Å². The second kappa shape index (κ2) is 3.69. The molecule has 1 aliphatic carbocycles. The molecule has 0 aromatic carbocycles. The van der Waals surface area contributed by atoms with E-state index in [1.54, 1.807) is 20.4 Å². The average molecular weight is 286 g/mol. The van der Waals surface area contributed by atoms with Crippen molar-refractivity contribution in [2.45, 2.75) is 32.1 Å². The fourth-order valence-corrected chi connectivity index (χ4v) is 4.36. The van der Waals surface area contributed by atoms with Crippen LogP contribution in [0.1, 0.15) is 29.7 Å². The lowest BCUT2D eigenvalue weighted by Crippen LogP contribution is -1.99. The third-order valence-electron chi connectivity index (χ3n) is 3.93. The summed E-state index contributed by atoms with van der Waals surface area (Å²) in [6.45, 7) is 0. The van der Waals surface area contributed by atoms with Crippen molar-refractivity contribution in [3.8, 4) is 0 Å². The monoisotopic (exact) mass is 286 g/mol. The minimum Gasteiger partial charge on any atom is -0.166 e. The number of thiophene rings is 1. The summed E-state index contributed by atoms with van der Waals surface area (Å²) in [7, 11) is 0. The van der Waals surface area contributed by atoms with Crippen molar-refractivity contribution in [2.24, 2.45) is 0 Å². The molecule has 4 heterocycles. The molecule has 100 valence electrons. The molecular weight excluding hydrogens is 276 g/mol. The number of tetrazole rings is 2. The molecule has 0 bridgehead atoms. The number of aromatic nitrogens is 8. The van der Waals surface area contributed by atoms with Crippen LogP contribution in [0.15, 0.2) is 0 Å². The second-order valence-corrected chi connectivity index (χ2v) is 6.13. The Morgan fingerprint density at radius 1 is 0.900 bits per heavy atom. The number of hydrogen-bond acceptors (Lipinski definition) is 7. The SMILES string of the molecule is C1CCc2sc3c(c2CC1)c1nnnn1c1nnnn31. The van der Waals surface area contributed by atoms with E-state index in [0.717, 1.165) is 28.7 Å². The molecule has 0 saturated carbocycles. The topological polar surface area (TPSA) is 86.2 Å². The fraction of sp³-hybridized carbons (Fsp3) is 0.455. The van der Waals surface area contributed by atoms with Gasteiger partial charge in [0.2, 0.25) is 0 Å². The molecule has 0 aliphatic heterocycles. The van der Waals surface area contributed by atoms with Gasteiger partial charge in [-0.3, -0.25) is 0 Å². The molecule has 0 unspecified atom stereocenters. The van der Waals surface area contributed by atoms with Gasteiger partial charge in [-0.25, -0.2) is 0 Å². The Morgan fingerprint density at radius 3 is 2.75 bits per heavy atom. The highest BCUT2D eigenvalue weighted by Crippen LogP contribution is 2.37. The number of fused-ring (bicyclic) bond motifs is 8. The minimum atomic E-state index is 0.564. The average Bonchev–Trinajstić information content (AvgIpc) is 3.12. The molecule has 1 aliphatic rings. The van der Waals surface area contributed by atoms with E-state index in [1.807, 2.05) is 0 Å². The highest BCUT2D eigenvalue weighted by Gasteiger charge is 2.22. The van der Waals surface area contributed by atoms with Gasteiger partial charge in [-0.05, 0) is 52.1 Å². The molecule has 0 spiro atoms. The summed E-state index contributed by atoms with van der Waals surface area (Å²) in [6.07, 6.45) is 5.98. The van der Waals surface area contributed by atoms with E-state index in [0.29, 0.717) is 5.78 Å². The van der Waals surface area contributed by atoms with Crippen molar-refractivity contribution in [2.75, 3.05) is 0 Å². The molecule has 4 aromatic rings. The molecule has 5 rings (SSSR count).